The zero-order chi connectivity index (χ0) is 17.7. The zero-order valence-corrected chi connectivity index (χ0v) is 15.2. The van der Waals surface area contributed by atoms with Crippen LogP contribution in [0.2, 0.25) is 0 Å². The number of aryl methyl sites for hydroxylation is 1. The molecule has 0 unspecified atom stereocenters. The highest BCUT2D eigenvalue weighted by molar-refractivity contribution is 8.14. The predicted molar refractivity (Wildman–Crippen MR) is 96.5 cm³/mol. The Morgan fingerprint density at radius 2 is 2.00 bits per heavy atom. The number of para-hydroxylation sites is 1. The van der Waals surface area contributed by atoms with E-state index in [1.807, 2.05) is 38.1 Å². The highest BCUT2D eigenvalue weighted by Gasteiger charge is 2.30. The Morgan fingerprint density at radius 3 is 2.67 bits per heavy atom. The third-order valence-corrected chi connectivity index (χ3v) is 5.52. The lowest BCUT2D eigenvalue weighted by Gasteiger charge is -2.27. The minimum Gasteiger partial charge on any atom is -0.288 e. The van der Waals surface area contributed by atoms with Gasteiger partial charge in [0.05, 0.1) is 10.9 Å². The van der Waals surface area contributed by atoms with Gasteiger partial charge in [0, 0.05) is 13.3 Å². The van der Waals surface area contributed by atoms with Crippen molar-refractivity contribution in [3.05, 3.63) is 29.8 Å². The highest BCUT2D eigenvalue weighted by atomic mass is 32.2. The largest absolute Gasteiger partial charge is 0.288 e. The van der Waals surface area contributed by atoms with Gasteiger partial charge in [-0.15, -0.1) is 0 Å². The topological polar surface area (TPSA) is 66.5 Å². The normalized spacial score (nSPS) is 16.8. The molecule has 1 aromatic carbocycles. The summed E-state index contributed by atoms with van der Waals surface area (Å²) in [4.78, 5) is 36.7. The van der Waals surface area contributed by atoms with Gasteiger partial charge in [-0.25, -0.2) is 5.01 Å². The van der Waals surface area contributed by atoms with E-state index in [9.17, 15) is 14.4 Å². The zero-order valence-electron chi connectivity index (χ0n) is 14.4. The van der Waals surface area contributed by atoms with Gasteiger partial charge in [-0.05, 0) is 30.4 Å². The molecule has 0 saturated carbocycles. The van der Waals surface area contributed by atoms with Crippen LogP contribution in [0, 0.1) is 5.92 Å². The number of rotatable bonds is 5. The summed E-state index contributed by atoms with van der Waals surface area (Å²) in [5.74, 6) is -0.380. The molecule has 0 radical (unpaired) electrons. The van der Waals surface area contributed by atoms with Crippen LogP contribution in [-0.2, 0) is 20.8 Å². The Hall–Kier alpha value is -1.82. The van der Waals surface area contributed by atoms with Gasteiger partial charge in [0.1, 0.15) is 0 Å². The lowest BCUT2D eigenvalue weighted by Crippen LogP contribution is -2.50. The van der Waals surface area contributed by atoms with Crippen LogP contribution in [0.15, 0.2) is 24.3 Å². The molecule has 0 saturated heterocycles. The van der Waals surface area contributed by atoms with Crippen LogP contribution in [0.3, 0.4) is 0 Å². The van der Waals surface area contributed by atoms with Gasteiger partial charge in [-0.1, -0.05) is 50.2 Å². The van der Waals surface area contributed by atoms with E-state index < -0.39 is 5.25 Å². The van der Waals surface area contributed by atoms with Crippen molar-refractivity contribution in [2.24, 2.45) is 5.92 Å². The SMILES string of the molecule is CC[C@@H](C)[C@H](SC(C)=O)C(=O)NN1C(=O)CCCc2ccccc21. The molecule has 0 spiro atoms. The van der Waals surface area contributed by atoms with Gasteiger partial charge in [0.15, 0.2) is 5.12 Å². The molecule has 0 aromatic heterocycles. The van der Waals surface area contributed by atoms with Crippen molar-refractivity contribution in [3.8, 4) is 0 Å². The van der Waals surface area contributed by atoms with Crippen LogP contribution in [0.4, 0.5) is 5.69 Å². The van der Waals surface area contributed by atoms with E-state index in [1.54, 1.807) is 0 Å². The number of benzene rings is 1. The fourth-order valence-corrected chi connectivity index (χ4v) is 3.68. The Balaban J connectivity index is 2.25. The molecule has 2 atom stereocenters. The summed E-state index contributed by atoms with van der Waals surface area (Å²) in [6, 6.07) is 7.61. The number of thioether (sulfide) groups is 1. The number of hydrogen-bond donors (Lipinski definition) is 1. The Kier molecular flexibility index (Phi) is 6.43. The number of carbonyl (C=O) groups is 3. The standard InChI is InChI=1S/C18H24N2O3S/c1-4-12(2)17(24-13(3)21)18(23)19-20-15-10-6-5-8-14(15)9-7-11-16(20)22/h5-6,8,10,12,17H,4,7,9,11H2,1-3H3,(H,19,23)/t12-,17+/m1/s1. The van der Waals surface area contributed by atoms with Gasteiger partial charge < -0.3 is 0 Å². The van der Waals surface area contributed by atoms with Crippen molar-refractivity contribution in [1.29, 1.82) is 0 Å². The molecule has 0 aliphatic carbocycles. The van der Waals surface area contributed by atoms with Gasteiger partial charge in [-0.3, -0.25) is 19.8 Å². The van der Waals surface area contributed by atoms with E-state index in [1.165, 1.54) is 11.9 Å². The van der Waals surface area contributed by atoms with Gasteiger partial charge in [-0.2, -0.15) is 0 Å². The molecule has 6 heteroatoms. The molecule has 1 heterocycles. The van der Waals surface area contributed by atoms with Gasteiger partial charge >= 0.3 is 0 Å². The monoisotopic (exact) mass is 348 g/mol. The number of carbonyl (C=O) groups excluding carboxylic acids is 3. The molecule has 2 rings (SSSR count). The van der Waals surface area contributed by atoms with Crippen LogP contribution in [-0.4, -0.2) is 22.2 Å². The maximum Gasteiger partial charge on any atom is 0.252 e. The third kappa shape index (κ3) is 4.38. The van der Waals surface area contributed by atoms with Crippen molar-refractivity contribution >= 4 is 34.4 Å². The first-order valence-electron chi connectivity index (χ1n) is 8.32. The number of nitrogens with zero attached hydrogens (tertiary/aromatic N) is 1. The maximum atomic E-state index is 12.7. The summed E-state index contributed by atoms with van der Waals surface area (Å²) >= 11 is 1.03. The average Bonchev–Trinajstić information content (AvgIpc) is 2.71. The first-order valence-corrected chi connectivity index (χ1v) is 9.20. The second-order valence-electron chi connectivity index (χ2n) is 6.10. The summed E-state index contributed by atoms with van der Waals surface area (Å²) in [5, 5.41) is 0.759. The first-order chi connectivity index (χ1) is 11.4. The van der Waals surface area contributed by atoms with Crippen LogP contribution in [0.1, 0.15) is 45.6 Å². The van der Waals surface area contributed by atoms with Crippen LogP contribution >= 0.6 is 11.8 Å². The van der Waals surface area contributed by atoms with Crippen molar-refractivity contribution in [3.63, 3.8) is 0 Å². The molecule has 1 aromatic rings. The molecule has 1 aliphatic heterocycles. The lowest BCUT2D eigenvalue weighted by atomic mass is 10.0. The van der Waals surface area contributed by atoms with Crippen LogP contribution in [0.25, 0.3) is 0 Å². The molecule has 5 nitrogen and oxygen atoms in total. The van der Waals surface area contributed by atoms with Crippen molar-refractivity contribution < 1.29 is 14.4 Å². The Bertz CT molecular complexity index is 632. The van der Waals surface area contributed by atoms with Crippen molar-refractivity contribution in [1.82, 2.24) is 5.43 Å². The van der Waals surface area contributed by atoms with Crippen molar-refractivity contribution in [2.45, 2.75) is 51.7 Å². The lowest BCUT2D eigenvalue weighted by molar-refractivity contribution is -0.126. The Labute approximate surface area is 147 Å². The number of fused-ring (bicyclic) bond motifs is 1. The molecule has 0 bridgehead atoms. The summed E-state index contributed by atoms with van der Waals surface area (Å²) in [5.41, 5.74) is 4.53. The molecule has 0 fully saturated rings. The second-order valence-corrected chi connectivity index (χ2v) is 7.42. The minimum absolute atomic E-state index is 0.0382. The minimum atomic E-state index is -0.504. The molecule has 1 N–H and O–H groups in total. The Morgan fingerprint density at radius 1 is 1.29 bits per heavy atom. The van der Waals surface area contributed by atoms with E-state index in [4.69, 9.17) is 0 Å². The third-order valence-electron chi connectivity index (χ3n) is 4.25. The summed E-state index contributed by atoms with van der Waals surface area (Å²) in [6.07, 6.45) is 2.75. The average molecular weight is 348 g/mol. The number of hydrogen-bond acceptors (Lipinski definition) is 4. The van der Waals surface area contributed by atoms with E-state index in [2.05, 4.69) is 5.43 Å². The van der Waals surface area contributed by atoms with E-state index in [-0.39, 0.29) is 22.8 Å². The molecular weight excluding hydrogens is 324 g/mol. The van der Waals surface area contributed by atoms with Crippen LogP contribution in [0.5, 0.6) is 0 Å². The molecule has 1 aliphatic rings. The fourth-order valence-electron chi connectivity index (χ4n) is 2.73. The fraction of sp³-hybridized carbons (Fsp3) is 0.500. The smallest absolute Gasteiger partial charge is 0.252 e. The predicted octanol–water partition coefficient (Wildman–Crippen LogP) is 3.08. The van der Waals surface area contributed by atoms with Gasteiger partial charge in [0.25, 0.3) is 5.91 Å². The van der Waals surface area contributed by atoms with E-state index >= 15 is 0 Å². The van der Waals surface area contributed by atoms with Crippen molar-refractivity contribution in [2.75, 3.05) is 5.01 Å². The molecule has 130 valence electrons. The highest BCUT2D eigenvalue weighted by Crippen LogP contribution is 2.27. The van der Waals surface area contributed by atoms with E-state index in [0.717, 1.165) is 42.3 Å². The number of amides is 2. The molecular formula is C18H24N2O3S. The molecule has 2 amide bonds. The van der Waals surface area contributed by atoms with Gasteiger partial charge in [0.2, 0.25) is 5.91 Å². The number of anilines is 1. The second kappa shape index (κ2) is 8.33. The maximum absolute atomic E-state index is 12.7. The summed E-state index contributed by atoms with van der Waals surface area (Å²) < 4.78 is 0. The number of nitrogens with one attached hydrogen (secondary N) is 1. The quantitative estimate of drug-likeness (QED) is 0.888. The summed E-state index contributed by atoms with van der Waals surface area (Å²) in [6.45, 7) is 5.39. The van der Waals surface area contributed by atoms with Crippen LogP contribution < -0.4 is 10.4 Å². The number of hydrazine groups is 1. The molecule has 24 heavy (non-hydrogen) atoms. The van der Waals surface area contributed by atoms with E-state index in [0.29, 0.717) is 6.42 Å². The first kappa shape index (κ1) is 18.5. The summed E-state index contributed by atoms with van der Waals surface area (Å²) in [7, 11) is 0.